The van der Waals surface area contributed by atoms with Crippen molar-refractivity contribution in [3.8, 4) is 17.8 Å². The predicted molar refractivity (Wildman–Crippen MR) is 199 cm³/mol. The zero-order valence-corrected chi connectivity index (χ0v) is 30.4. The Morgan fingerprint density at radius 2 is 1.77 bits per heavy atom. The van der Waals surface area contributed by atoms with Gasteiger partial charge in [-0.25, -0.2) is 9.59 Å². The number of aromatic nitrogens is 2. The Labute approximate surface area is 309 Å². The normalized spacial score (nSPS) is 17.8. The van der Waals surface area contributed by atoms with Crippen LogP contribution in [0.1, 0.15) is 56.9 Å². The monoisotopic (exact) mass is 719 g/mol. The van der Waals surface area contributed by atoms with Gasteiger partial charge in [-0.15, -0.1) is 0 Å². The molecule has 1 saturated heterocycles. The molecule has 1 aromatic heterocycles. The van der Waals surface area contributed by atoms with Crippen LogP contribution in [0.15, 0.2) is 66.7 Å². The Morgan fingerprint density at radius 1 is 1.00 bits per heavy atom. The number of benzene rings is 3. The Hall–Kier alpha value is -5.77. The molecule has 276 valence electrons. The number of carbonyl (C=O) groups excluding carboxylic acids is 1. The molecule has 0 radical (unpaired) electrons. The van der Waals surface area contributed by atoms with Crippen LogP contribution in [-0.4, -0.2) is 82.1 Å². The first-order chi connectivity index (χ1) is 25.5. The number of anilines is 2. The molecule has 3 aliphatic rings. The average molecular weight is 720 g/mol. The molecule has 0 spiro atoms. The molecule has 3 aromatic carbocycles. The number of amides is 2. The zero-order valence-electron chi connectivity index (χ0n) is 30.4. The van der Waals surface area contributed by atoms with Crippen molar-refractivity contribution in [3.05, 3.63) is 83.6 Å². The smallest absolute Gasteiger partial charge is 0.408 e. The molecule has 0 bridgehead atoms. The van der Waals surface area contributed by atoms with Crippen molar-refractivity contribution < 1.29 is 28.9 Å². The molecular formula is C40H45N7O6. The van der Waals surface area contributed by atoms with E-state index in [2.05, 4.69) is 45.5 Å². The summed E-state index contributed by atoms with van der Waals surface area (Å²) in [4.78, 5) is 40.2. The number of ether oxygens (including phenoxy) is 3. The van der Waals surface area contributed by atoms with Crippen LogP contribution in [0.25, 0.3) is 10.8 Å². The third-order valence-corrected chi connectivity index (χ3v) is 9.88. The number of nitriles is 1. The molecular weight excluding hydrogens is 674 g/mol. The van der Waals surface area contributed by atoms with E-state index < -0.39 is 29.4 Å². The second-order valence-corrected chi connectivity index (χ2v) is 15.0. The highest BCUT2D eigenvalue weighted by molar-refractivity contribution is 5.96. The van der Waals surface area contributed by atoms with Crippen LogP contribution in [0, 0.1) is 11.3 Å². The maximum atomic E-state index is 12.6. The van der Waals surface area contributed by atoms with E-state index in [4.69, 9.17) is 24.2 Å². The largest absolute Gasteiger partial charge is 0.489 e. The molecule has 2 amide bonds. The van der Waals surface area contributed by atoms with Gasteiger partial charge in [-0.2, -0.15) is 15.2 Å². The first-order valence-electron chi connectivity index (χ1n) is 18.1. The van der Waals surface area contributed by atoms with Crippen molar-refractivity contribution in [2.45, 2.75) is 76.8 Å². The second-order valence-electron chi connectivity index (χ2n) is 15.0. The van der Waals surface area contributed by atoms with Crippen LogP contribution in [0.3, 0.4) is 0 Å². The van der Waals surface area contributed by atoms with E-state index in [1.54, 1.807) is 0 Å². The minimum atomic E-state index is -1.04. The maximum absolute atomic E-state index is 12.6. The second kappa shape index (κ2) is 14.7. The number of carboxylic acid groups (broad SMARTS) is 1. The van der Waals surface area contributed by atoms with Crippen LogP contribution in [0.5, 0.6) is 11.8 Å². The number of piperazine rings is 1. The number of nitrogens with one attached hydrogen (secondary N) is 1. The number of hydrogen-bond acceptors (Lipinski definition) is 10. The number of rotatable bonds is 10. The number of fused-ring (bicyclic) bond motifs is 2. The Bertz CT molecular complexity index is 2020. The number of nitrogens with zero attached hydrogens (tertiary/aromatic N) is 6. The molecule has 13 heteroatoms. The fraction of sp³-hybridized carbons (Fsp3) is 0.425. The SMILES string of the molecule is CC(C)(C)OC(=O)NC1(COc2nc3c(c(N4CCN(C(=O)O)C(CC#N)C4)n2)CCN(c2cc(OCc4ccccc4)cc4ccccc24)C3)CC1. The molecule has 2 aliphatic heterocycles. The highest BCUT2D eigenvalue weighted by Gasteiger charge is 2.46. The van der Waals surface area contributed by atoms with Gasteiger partial charge in [0.25, 0.3) is 0 Å². The fourth-order valence-electron chi connectivity index (χ4n) is 7.03. The molecule has 1 atom stereocenters. The van der Waals surface area contributed by atoms with Crippen molar-refractivity contribution in [3.63, 3.8) is 0 Å². The third-order valence-electron chi connectivity index (χ3n) is 9.88. The standard InChI is InChI=1S/C40H45N7O6/c1-39(2,3)53-37(48)44-40(15-16-40)26-52-36-42-33-24-45(18-14-32(33)35(43-36)46-19-20-47(38(49)50)29(23-46)13-17-41)34-22-30(21-28-11-7-8-12-31(28)34)51-25-27-9-5-4-6-10-27/h4-12,21-22,29H,13-16,18-20,23-26H2,1-3H3,(H,44,48)(H,49,50). The van der Waals surface area contributed by atoms with Crippen molar-refractivity contribution in [1.29, 1.82) is 5.26 Å². The third kappa shape index (κ3) is 8.32. The van der Waals surface area contributed by atoms with Gasteiger partial charge in [-0.3, -0.25) is 0 Å². The number of carbonyl (C=O) groups is 2. The highest BCUT2D eigenvalue weighted by Crippen LogP contribution is 2.39. The maximum Gasteiger partial charge on any atom is 0.408 e. The summed E-state index contributed by atoms with van der Waals surface area (Å²) < 4.78 is 18.1. The Morgan fingerprint density at radius 3 is 2.51 bits per heavy atom. The van der Waals surface area contributed by atoms with E-state index in [1.165, 1.54) is 4.90 Å². The van der Waals surface area contributed by atoms with Gasteiger partial charge in [0.15, 0.2) is 0 Å². The van der Waals surface area contributed by atoms with Crippen LogP contribution in [0.4, 0.5) is 21.1 Å². The van der Waals surface area contributed by atoms with Gasteiger partial charge in [0.05, 0.1) is 36.3 Å². The summed E-state index contributed by atoms with van der Waals surface area (Å²) in [6, 6.07) is 24.3. The summed E-state index contributed by atoms with van der Waals surface area (Å²) in [5.74, 6) is 1.46. The lowest BCUT2D eigenvalue weighted by Gasteiger charge is -2.41. The molecule has 7 rings (SSSR count). The minimum absolute atomic E-state index is 0.0713. The molecule has 4 aromatic rings. The topological polar surface area (TPSA) is 153 Å². The van der Waals surface area contributed by atoms with E-state index in [0.717, 1.165) is 51.9 Å². The summed E-state index contributed by atoms with van der Waals surface area (Å²) in [6.07, 6.45) is 0.649. The number of alkyl carbamates (subject to hydrolysis) is 1. The molecule has 1 aliphatic carbocycles. The molecule has 53 heavy (non-hydrogen) atoms. The quantitative estimate of drug-likeness (QED) is 0.190. The summed E-state index contributed by atoms with van der Waals surface area (Å²) in [6.45, 7) is 8.23. The van der Waals surface area contributed by atoms with Crippen LogP contribution in [0.2, 0.25) is 0 Å². The zero-order chi connectivity index (χ0) is 37.2. The summed E-state index contributed by atoms with van der Waals surface area (Å²) in [5.41, 5.74) is 2.69. The number of hydrogen-bond donors (Lipinski definition) is 2. The van der Waals surface area contributed by atoms with Gasteiger partial charge in [0, 0.05) is 48.9 Å². The summed E-state index contributed by atoms with van der Waals surface area (Å²) >= 11 is 0. The first kappa shape index (κ1) is 35.6. The summed E-state index contributed by atoms with van der Waals surface area (Å²) in [7, 11) is 0. The van der Waals surface area contributed by atoms with Crippen molar-refractivity contribution in [2.75, 3.05) is 42.6 Å². The fourth-order valence-corrected chi connectivity index (χ4v) is 7.03. The van der Waals surface area contributed by atoms with Crippen molar-refractivity contribution >= 4 is 34.5 Å². The van der Waals surface area contributed by atoms with Crippen LogP contribution in [-0.2, 0) is 24.3 Å². The molecule has 2 N–H and O–H groups in total. The van der Waals surface area contributed by atoms with Gasteiger partial charge in [-0.1, -0.05) is 54.6 Å². The predicted octanol–water partition coefficient (Wildman–Crippen LogP) is 6.29. The summed E-state index contributed by atoms with van der Waals surface area (Å²) in [5, 5.41) is 24.5. The van der Waals surface area contributed by atoms with Gasteiger partial charge in [-0.05, 0) is 57.0 Å². The lowest BCUT2D eigenvalue weighted by Crippen LogP contribution is -2.55. The van der Waals surface area contributed by atoms with E-state index in [1.807, 2.05) is 63.2 Å². The lowest BCUT2D eigenvalue weighted by atomic mass is 10.0. The van der Waals surface area contributed by atoms with Crippen molar-refractivity contribution in [2.24, 2.45) is 0 Å². The van der Waals surface area contributed by atoms with Crippen LogP contribution >= 0.6 is 0 Å². The molecule has 1 unspecified atom stereocenters. The Balaban J connectivity index is 1.19. The van der Waals surface area contributed by atoms with Crippen LogP contribution < -0.4 is 24.6 Å². The molecule has 2 fully saturated rings. The average Bonchev–Trinajstić information content (AvgIpc) is 3.90. The highest BCUT2D eigenvalue weighted by atomic mass is 16.6. The van der Waals surface area contributed by atoms with Gasteiger partial charge >= 0.3 is 18.2 Å². The molecule has 3 heterocycles. The van der Waals surface area contributed by atoms with E-state index in [0.29, 0.717) is 45.0 Å². The van der Waals surface area contributed by atoms with Gasteiger partial charge in [0.1, 0.15) is 30.4 Å². The van der Waals surface area contributed by atoms with Gasteiger partial charge in [0.2, 0.25) is 0 Å². The Kier molecular flexibility index (Phi) is 9.88. The van der Waals surface area contributed by atoms with E-state index >= 15 is 0 Å². The first-order valence-corrected chi connectivity index (χ1v) is 18.1. The van der Waals surface area contributed by atoms with Gasteiger partial charge < -0.3 is 39.3 Å². The minimum Gasteiger partial charge on any atom is -0.489 e. The van der Waals surface area contributed by atoms with E-state index in [-0.39, 0.29) is 25.6 Å². The lowest BCUT2D eigenvalue weighted by molar-refractivity contribution is 0.0474. The van der Waals surface area contributed by atoms with Crippen molar-refractivity contribution in [1.82, 2.24) is 20.2 Å². The molecule has 13 nitrogen and oxygen atoms in total. The molecule has 1 saturated carbocycles. The van der Waals surface area contributed by atoms with E-state index in [9.17, 15) is 20.0 Å².